The van der Waals surface area contributed by atoms with Gasteiger partial charge in [0.25, 0.3) is 6.26 Å². The topological polar surface area (TPSA) is 59.3 Å². The first-order chi connectivity index (χ1) is 4.31. The van der Waals surface area contributed by atoms with E-state index in [0.717, 1.165) is 12.3 Å². The van der Waals surface area contributed by atoms with Gasteiger partial charge in [0.05, 0.1) is 19.4 Å². The van der Waals surface area contributed by atoms with Gasteiger partial charge in [-0.3, -0.25) is 0 Å². The lowest BCUT2D eigenvalue weighted by molar-refractivity contribution is -0.131. The SMILES string of the molecule is CO/C=C/C(=O)OC#N. The zero-order valence-corrected chi connectivity index (χ0v) is 4.83. The van der Waals surface area contributed by atoms with Crippen molar-refractivity contribution in [3.8, 4) is 6.26 Å². The van der Waals surface area contributed by atoms with Crippen LogP contribution < -0.4 is 0 Å². The Balaban J connectivity index is 3.53. The van der Waals surface area contributed by atoms with Gasteiger partial charge in [-0.15, -0.1) is 5.26 Å². The maximum Gasteiger partial charge on any atom is 0.349 e. The van der Waals surface area contributed by atoms with Gasteiger partial charge in [-0.05, 0) is 0 Å². The standard InChI is InChI=1S/C5H5NO3/c1-8-3-2-5(7)9-4-6/h2-3H,1H3/b3-2+. The molecule has 4 heteroatoms. The summed E-state index contributed by atoms with van der Waals surface area (Å²) in [4.78, 5) is 10.2. The fourth-order valence-electron chi connectivity index (χ4n) is 0.203. The lowest BCUT2D eigenvalue weighted by Gasteiger charge is -1.84. The number of rotatable bonds is 2. The molecule has 0 heterocycles. The number of ether oxygens (including phenoxy) is 2. The molecule has 48 valence electrons. The summed E-state index contributed by atoms with van der Waals surface area (Å²) in [7, 11) is 1.39. The zero-order chi connectivity index (χ0) is 7.11. The van der Waals surface area contributed by atoms with Gasteiger partial charge < -0.3 is 9.47 Å². The van der Waals surface area contributed by atoms with Gasteiger partial charge in [0.1, 0.15) is 0 Å². The predicted molar refractivity (Wildman–Crippen MR) is 27.9 cm³/mol. The molecule has 0 aromatic carbocycles. The summed E-state index contributed by atoms with van der Waals surface area (Å²) in [5.74, 6) is -0.737. The average molecular weight is 127 g/mol. The molecular weight excluding hydrogens is 122 g/mol. The molecule has 0 aliphatic heterocycles. The Morgan fingerprint density at radius 3 is 2.89 bits per heavy atom. The molecule has 0 aromatic heterocycles. The van der Waals surface area contributed by atoms with E-state index in [1.165, 1.54) is 13.4 Å². The normalized spacial score (nSPS) is 8.44. The van der Waals surface area contributed by atoms with Crippen molar-refractivity contribution in [1.29, 1.82) is 5.26 Å². The number of nitriles is 1. The third kappa shape index (κ3) is 4.35. The Morgan fingerprint density at radius 1 is 1.78 bits per heavy atom. The van der Waals surface area contributed by atoms with Crippen LogP contribution in [0.1, 0.15) is 0 Å². The van der Waals surface area contributed by atoms with E-state index in [2.05, 4.69) is 9.47 Å². The molecule has 0 fully saturated rings. The number of hydrogen-bond acceptors (Lipinski definition) is 4. The fourth-order valence-corrected chi connectivity index (χ4v) is 0.203. The monoisotopic (exact) mass is 127 g/mol. The largest absolute Gasteiger partial charge is 0.504 e. The fraction of sp³-hybridized carbons (Fsp3) is 0.200. The summed E-state index contributed by atoms with van der Waals surface area (Å²) in [5, 5.41) is 7.77. The van der Waals surface area contributed by atoms with Crippen LogP contribution in [0.25, 0.3) is 0 Å². The lowest BCUT2D eigenvalue weighted by atomic mass is 10.6. The number of carbonyl (C=O) groups is 1. The van der Waals surface area contributed by atoms with E-state index >= 15 is 0 Å². The molecule has 9 heavy (non-hydrogen) atoms. The summed E-state index contributed by atoms with van der Waals surface area (Å²) in [5.41, 5.74) is 0. The Bertz CT molecular complexity index is 156. The summed E-state index contributed by atoms with van der Waals surface area (Å²) in [6.45, 7) is 0. The first kappa shape index (κ1) is 7.50. The maximum absolute atomic E-state index is 10.2. The van der Waals surface area contributed by atoms with Crippen molar-refractivity contribution >= 4 is 5.97 Å². The number of esters is 1. The van der Waals surface area contributed by atoms with Gasteiger partial charge in [0.2, 0.25) is 0 Å². The smallest absolute Gasteiger partial charge is 0.349 e. The Labute approximate surface area is 52.3 Å². The van der Waals surface area contributed by atoms with E-state index in [-0.39, 0.29) is 0 Å². The third-order valence-electron chi connectivity index (χ3n) is 0.486. The van der Waals surface area contributed by atoms with Crippen LogP contribution in [0.4, 0.5) is 0 Å². The first-order valence-corrected chi connectivity index (χ1v) is 2.10. The van der Waals surface area contributed by atoms with Crippen molar-refractivity contribution in [2.24, 2.45) is 0 Å². The lowest BCUT2D eigenvalue weighted by Crippen LogP contribution is -1.93. The van der Waals surface area contributed by atoms with Crippen molar-refractivity contribution in [3.63, 3.8) is 0 Å². The zero-order valence-electron chi connectivity index (χ0n) is 4.83. The minimum Gasteiger partial charge on any atom is -0.504 e. The third-order valence-corrected chi connectivity index (χ3v) is 0.486. The van der Waals surface area contributed by atoms with Crippen molar-refractivity contribution < 1.29 is 14.3 Å². The second kappa shape index (κ2) is 4.65. The number of methoxy groups -OCH3 is 1. The van der Waals surface area contributed by atoms with Crippen LogP contribution in [0.15, 0.2) is 12.3 Å². The van der Waals surface area contributed by atoms with Crippen molar-refractivity contribution in [2.45, 2.75) is 0 Å². The van der Waals surface area contributed by atoms with Crippen molar-refractivity contribution in [1.82, 2.24) is 0 Å². The van der Waals surface area contributed by atoms with Gasteiger partial charge in [-0.25, -0.2) is 4.79 Å². The molecule has 0 aliphatic carbocycles. The quantitative estimate of drug-likeness (QED) is 0.229. The van der Waals surface area contributed by atoms with Gasteiger partial charge in [0, 0.05) is 0 Å². The molecule has 0 aliphatic rings. The summed E-state index contributed by atoms with van der Waals surface area (Å²) < 4.78 is 8.21. The Hall–Kier alpha value is -1.50. The Morgan fingerprint density at radius 2 is 2.44 bits per heavy atom. The molecular formula is C5H5NO3. The van der Waals surface area contributed by atoms with Crippen LogP contribution in [0.2, 0.25) is 0 Å². The van der Waals surface area contributed by atoms with Crippen LogP contribution in [-0.2, 0) is 14.3 Å². The summed E-state index contributed by atoms with van der Waals surface area (Å²) in [6.07, 6.45) is 3.35. The van der Waals surface area contributed by atoms with Gasteiger partial charge in [-0.2, -0.15) is 0 Å². The molecule has 0 saturated heterocycles. The van der Waals surface area contributed by atoms with Crippen molar-refractivity contribution in [3.05, 3.63) is 12.3 Å². The second-order valence-electron chi connectivity index (χ2n) is 1.05. The minimum atomic E-state index is -0.737. The second-order valence-corrected chi connectivity index (χ2v) is 1.05. The van der Waals surface area contributed by atoms with Crippen LogP contribution in [0.5, 0.6) is 0 Å². The Kier molecular flexibility index (Phi) is 3.88. The number of hydrogen-bond donors (Lipinski definition) is 0. The van der Waals surface area contributed by atoms with E-state index in [0.29, 0.717) is 0 Å². The van der Waals surface area contributed by atoms with Gasteiger partial charge in [0.15, 0.2) is 0 Å². The van der Waals surface area contributed by atoms with Gasteiger partial charge in [-0.1, -0.05) is 0 Å². The van der Waals surface area contributed by atoms with E-state index < -0.39 is 5.97 Å². The minimum absolute atomic E-state index is 0.737. The van der Waals surface area contributed by atoms with E-state index in [4.69, 9.17) is 5.26 Å². The molecule has 0 rings (SSSR count). The van der Waals surface area contributed by atoms with E-state index in [1.54, 1.807) is 0 Å². The molecule has 0 atom stereocenters. The van der Waals surface area contributed by atoms with Crippen LogP contribution in [0, 0.1) is 11.5 Å². The van der Waals surface area contributed by atoms with Crippen molar-refractivity contribution in [2.75, 3.05) is 7.11 Å². The number of carbonyl (C=O) groups excluding carboxylic acids is 1. The van der Waals surface area contributed by atoms with E-state index in [9.17, 15) is 4.79 Å². The van der Waals surface area contributed by atoms with Crippen LogP contribution >= 0.6 is 0 Å². The first-order valence-electron chi connectivity index (χ1n) is 2.10. The molecule has 0 radical (unpaired) electrons. The van der Waals surface area contributed by atoms with E-state index in [1.807, 2.05) is 0 Å². The molecule has 0 unspecified atom stereocenters. The molecule has 0 bridgehead atoms. The van der Waals surface area contributed by atoms with Crippen LogP contribution in [0.3, 0.4) is 0 Å². The predicted octanol–water partition coefficient (Wildman–Crippen LogP) is 0.171. The van der Waals surface area contributed by atoms with Gasteiger partial charge >= 0.3 is 5.97 Å². The average Bonchev–Trinajstić information content (AvgIpc) is 1.85. The van der Waals surface area contributed by atoms with Crippen LogP contribution in [-0.4, -0.2) is 13.1 Å². The molecule has 0 amide bonds. The highest BCUT2D eigenvalue weighted by atomic mass is 16.5. The highest BCUT2D eigenvalue weighted by molar-refractivity contribution is 5.82. The number of nitrogens with zero attached hydrogens (tertiary/aromatic N) is 1. The molecule has 0 spiro atoms. The molecule has 4 nitrogen and oxygen atoms in total. The highest BCUT2D eigenvalue weighted by Crippen LogP contribution is 1.78. The molecule has 0 saturated carbocycles. The molecule has 0 N–H and O–H groups in total. The summed E-state index contributed by atoms with van der Waals surface area (Å²) in [6, 6.07) is 0. The maximum atomic E-state index is 10.2. The summed E-state index contributed by atoms with van der Waals surface area (Å²) >= 11 is 0. The highest BCUT2D eigenvalue weighted by Gasteiger charge is 1.91. The molecule has 0 aromatic rings.